The van der Waals surface area contributed by atoms with Gasteiger partial charge >= 0.3 is 5.97 Å². The molecule has 0 radical (unpaired) electrons. The molecule has 0 unspecified atom stereocenters. The fraction of sp³-hybridized carbons (Fsp3) is 0.231. The van der Waals surface area contributed by atoms with Crippen molar-refractivity contribution in [1.82, 2.24) is 9.71 Å². The van der Waals surface area contributed by atoms with Crippen LogP contribution in [-0.2, 0) is 16.6 Å². The summed E-state index contributed by atoms with van der Waals surface area (Å²) in [5.74, 6) is -1.24. The first kappa shape index (κ1) is 15.2. The van der Waals surface area contributed by atoms with E-state index in [1.165, 1.54) is 20.0 Å². The van der Waals surface area contributed by atoms with E-state index < -0.39 is 16.0 Å². The lowest BCUT2D eigenvalue weighted by molar-refractivity contribution is 0.0691. The van der Waals surface area contributed by atoms with Crippen molar-refractivity contribution in [3.8, 4) is 0 Å². The molecular formula is C13H14N2O5S. The number of hydrogen-bond acceptors (Lipinski definition) is 5. The molecule has 0 bridgehead atoms. The molecule has 2 N–H and O–H groups in total. The van der Waals surface area contributed by atoms with E-state index in [9.17, 15) is 13.2 Å². The Labute approximate surface area is 121 Å². The number of aryl methyl sites for hydroxylation is 2. The molecule has 0 aromatic carbocycles. The zero-order valence-electron chi connectivity index (χ0n) is 11.5. The van der Waals surface area contributed by atoms with Gasteiger partial charge in [-0.1, -0.05) is 6.07 Å². The van der Waals surface area contributed by atoms with E-state index >= 15 is 0 Å². The molecule has 0 amide bonds. The van der Waals surface area contributed by atoms with E-state index in [2.05, 4.69) is 9.71 Å². The molecule has 2 aromatic heterocycles. The van der Waals surface area contributed by atoms with Gasteiger partial charge in [0.05, 0.1) is 0 Å². The van der Waals surface area contributed by atoms with Gasteiger partial charge in [0.1, 0.15) is 22.0 Å². The average Bonchev–Trinajstić information content (AvgIpc) is 2.73. The van der Waals surface area contributed by atoms with Gasteiger partial charge in [-0.2, -0.15) is 0 Å². The van der Waals surface area contributed by atoms with Gasteiger partial charge in [0.2, 0.25) is 10.0 Å². The molecule has 2 rings (SSSR count). The quantitative estimate of drug-likeness (QED) is 0.865. The Morgan fingerprint density at radius 1 is 1.38 bits per heavy atom. The molecule has 0 saturated heterocycles. The Morgan fingerprint density at radius 3 is 2.67 bits per heavy atom. The van der Waals surface area contributed by atoms with E-state index in [1.807, 2.05) is 0 Å². The first-order valence-electron chi connectivity index (χ1n) is 6.05. The standard InChI is InChI=1S/C13H14N2O5S/c1-8-11(13(16)17)12(9(2)20-8)21(18,19)15-7-10-4-3-5-14-6-10/h3-6,15H,7H2,1-2H3,(H,16,17). The second kappa shape index (κ2) is 5.66. The first-order chi connectivity index (χ1) is 9.83. The fourth-order valence-corrected chi connectivity index (χ4v) is 3.41. The van der Waals surface area contributed by atoms with E-state index in [-0.39, 0.29) is 28.5 Å². The molecule has 0 aliphatic rings. The van der Waals surface area contributed by atoms with Gasteiger partial charge in [-0.05, 0) is 25.5 Å². The number of rotatable bonds is 5. The van der Waals surface area contributed by atoms with Gasteiger partial charge in [-0.25, -0.2) is 17.9 Å². The zero-order valence-corrected chi connectivity index (χ0v) is 12.3. The summed E-state index contributed by atoms with van der Waals surface area (Å²) in [6, 6.07) is 3.39. The van der Waals surface area contributed by atoms with Crippen molar-refractivity contribution in [2.75, 3.05) is 0 Å². The molecule has 0 fully saturated rings. The maximum atomic E-state index is 12.3. The Hall–Kier alpha value is -2.19. The highest BCUT2D eigenvalue weighted by Crippen LogP contribution is 2.26. The van der Waals surface area contributed by atoms with Crippen molar-refractivity contribution in [1.29, 1.82) is 0 Å². The highest BCUT2D eigenvalue weighted by molar-refractivity contribution is 7.89. The number of furan rings is 1. The minimum absolute atomic E-state index is 0.0128. The number of aromatic carboxylic acids is 1. The Balaban J connectivity index is 2.34. The molecule has 8 heteroatoms. The van der Waals surface area contributed by atoms with Crippen LogP contribution in [0.25, 0.3) is 0 Å². The molecule has 112 valence electrons. The monoisotopic (exact) mass is 310 g/mol. The highest BCUT2D eigenvalue weighted by Gasteiger charge is 2.30. The predicted molar refractivity (Wildman–Crippen MR) is 73.4 cm³/mol. The molecule has 0 atom stereocenters. The lowest BCUT2D eigenvalue weighted by Gasteiger charge is -2.06. The number of aromatic nitrogens is 1. The summed E-state index contributed by atoms with van der Waals surface area (Å²) < 4.78 is 32.1. The van der Waals surface area contributed by atoms with Crippen LogP contribution in [0.1, 0.15) is 27.4 Å². The predicted octanol–water partition coefficient (Wildman–Crippen LogP) is 1.47. The Bertz CT molecular complexity index is 765. The Morgan fingerprint density at radius 2 is 2.10 bits per heavy atom. The van der Waals surface area contributed by atoms with Gasteiger partial charge in [0.15, 0.2) is 0 Å². The maximum Gasteiger partial charge on any atom is 0.340 e. The third kappa shape index (κ3) is 3.11. The summed E-state index contributed by atoms with van der Waals surface area (Å²) in [7, 11) is -4.00. The molecule has 0 aliphatic heterocycles. The summed E-state index contributed by atoms with van der Waals surface area (Å²) in [5, 5.41) is 9.15. The SMILES string of the molecule is Cc1oc(C)c(S(=O)(=O)NCc2cccnc2)c1C(=O)O. The molecule has 0 aliphatic carbocycles. The van der Waals surface area contributed by atoms with Crippen LogP contribution in [0.15, 0.2) is 33.8 Å². The van der Waals surface area contributed by atoms with Gasteiger partial charge in [0.25, 0.3) is 0 Å². The minimum atomic E-state index is -4.00. The minimum Gasteiger partial charge on any atom is -0.478 e. The van der Waals surface area contributed by atoms with Crippen molar-refractivity contribution in [2.45, 2.75) is 25.3 Å². The first-order valence-corrected chi connectivity index (χ1v) is 7.53. The third-order valence-corrected chi connectivity index (χ3v) is 4.43. The van der Waals surface area contributed by atoms with Crippen LogP contribution in [0.4, 0.5) is 0 Å². The number of carbonyl (C=O) groups is 1. The number of hydrogen-bond donors (Lipinski definition) is 2. The summed E-state index contributed by atoms with van der Waals surface area (Å²) in [6.07, 6.45) is 3.10. The third-order valence-electron chi connectivity index (χ3n) is 2.88. The lowest BCUT2D eigenvalue weighted by Crippen LogP contribution is -2.25. The largest absolute Gasteiger partial charge is 0.478 e. The van der Waals surface area contributed by atoms with Crippen molar-refractivity contribution in [3.05, 3.63) is 47.2 Å². The van der Waals surface area contributed by atoms with Gasteiger partial charge in [-0.15, -0.1) is 0 Å². The van der Waals surface area contributed by atoms with Crippen LogP contribution in [0, 0.1) is 13.8 Å². The number of nitrogens with zero attached hydrogens (tertiary/aromatic N) is 1. The van der Waals surface area contributed by atoms with Crippen molar-refractivity contribution >= 4 is 16.0 Å². The normalized spacial score (nSPS) is 11.5. The molecule has 0 saturated carbocycles. The Kier molecular flexibility index (Phi) is 4.10. The van der Waals surface area contributed by atoms with Crippen molar-refractivity contribution < 1.29 is 22.7 Å². The second-order valence-electron chi connectivity index (χ2n) is 4.41. The number of sulfonamides is 1. The van der Waals surface area contributed by atoms with Crippen LogP contribution >= 0.6 is 0 Å². The van der Waals surface area contributed by atoms with Gasteiger partial charge < -0.3 is 9.52 Å². The van der Waals surface area contributed by atoms with Crippen LogP contribution < -0.4 is 4.72 Å². The number of nitrogens with one attached hydrogen (secondary N) is 1. The van der Waals surface area contributed by atoms with Crippen molar-refractivity contribution in [3.63, 3.8) is 0 Å². The smallest absolute Gasteiger partial charge is 0.340 e. The summed E-state index contributed by atoms with van der Waals surface area (Å²) >= 11 is 0. The molecule has 7 nitrogen and oxygen atoms in total. The number of carboxylic acids is 1. The second-order valence-corrected chi connectivity index (χ2v) is 6.11. The molecular weight excluding hydrogens is 296 g/mol. The van der Waals surface area contributed by atoms with Crippen LogP contribution in [0.3, 0.4) is 0 Å². The lowest BCUT2D eigenvalue weighted by atomic mass is 10.2. The van der Waals surface area contributed by atoms with E-state index in [0.717, 1.165) is 0 Å². The van der Waals surface area contributed by atoms with Crippen molar-refractivity contribution in [2.24, 2.45) is 0 Å². The maximum absolute atomic E-state index is 12.3. The summed E-state index contributed by atoms with van der Waals surface area (Å²) in [6.45, 7) is 2.84. The van der Waals surface area contributed by atoms with Crippen LogP contribution in [0.2, 0.25) is 0 Å². The molecule has 21 heavy (non-hydrogen) atoms. The highest BCUT2D eigenvalue weighted by atomic mass is 32.2. The molecule has 2 heterocycles. The molecule has 0 spiro atoms. The average molecular weight is 310 g/mol. The van der Waals surface area contributed by atoms with Gasteiger partial charge in [0, 0.05) is 18.9 Å². The number of carboxylic acid groups (broad SMARTS) is 1. The zero-order chi connectivity index (χ0) is 15.6. The van der Waals surface area contributed by atoms with Crippen LogP contribution in [-0.4, -0.2) is 24.5 Å². The molecule has 2 aromatic rings. The van der Waals surface area contributed by atoms with E-state index in [4.69, 9.17) is 9.52 Å². The number of pyridine rings is 1. The van der Waals surface area contributed by atoms with E-state index in [0.29, 0.717) is 5.56 Å². The fourth-order valence-electron chi connectivity index (χ4n) is 1.99. The van der Waals surface area contributed by atoms with Crippen LogP contribution in [0.5, 0.6) is 0 Å². The topological polar surface area (TPSA) is 110 Å². The summed E-state index contributed by atoms with van der Waals surface area (Å²) in [4.78, 5) is 14.8. The summed E-state index contributed by atoms with van der Waals surface area (Å²) in [5.41, 5.74) is 0.321. The van der Waals surface area contributed by atoms with E-state index in [1.54, 1.807) is 18.3 Å². The van der Waals surface area contributed by atoms with Gasteiger partial charge in [-0.3, -0.25) is 4.98 Å².